The van der Waals surface area contributed by atoms with Crippen molar-refractivity contribution in [3.8, 4) is 0 Å². The highest BCUT2D eigenvalue weighted by Gasteiger charge is 2.15. The van der Waals surface area contributed by atoms with Gasteiger partial charge in [0.15, 0.2) is 0 Å². The minimum absolute atomic E-state index is 0.0841. The van der Waals surface area contributed by atoms with Crippen molar-refractivity contribution in [3.05, 3.63) is 34.9 Å². The lowest BCUT2D eigenvalue weighted by molar-refractivity contribution is -0.137. The van der Waals surface area contributed by atoms with E-state index in [1.54, 1.807) is 12.1 Å². The topological polar surface area (TPSA) is 78.4 Å². The number of carboxylic acid groups (broad SMARTS) is 1. The Balaban J connectivity index is 2.52. The first-order valence-electron chi connectivity index (χ1n) is 6.46. The molecule has 0 aromatic heterocycles. The Hall–Kier alpha value is -1.75. The van der Waals surface area contributed by atoms with Gasteiger partial charge in [0.1, 0.15) is 0 Å². The molecule has 110 valence electrons. The lowest BCUT2D eigenvalue weighted by Crippen LogP contribution is -2.43. The molecule has 5 nitrogen and oxygen atoms in total. The molecule has 1 aromatic rings. The van der Waals surface area contributed by atoms with Gasteiger partial charge in [-0.3, -0.25) is 4.79 Å². The number of carbonyl (C=O) groups is 2. The zero-order chi connectivity index (χ0) is 15.1. The summed E-state index contributed by atoms with van der Waals surface area (Å²) < 4.78 is 0. The zero-order valence-corrected chi connectivity index (χ0v) is 12.3. The van der Waals surface area contributed by atoms with Crippen molar-refractivity contribution in [2.24, 2.45) is 0 Å². The highest BCUT2D eigenvalue weighted by Crippen LogP contribution is 2.15. The summed E-state index contributed by atoms with van der Waals surface area (Å²) in [5.41, 5.74) is 0.927. The Labute approximate surface area is 123 Å². The number of rotatable bonds is 6. The van der Waals surface area contributed by atoms with E-state index in [1.807, 2.05) is 26.0 Å². The first kappa shape index (κ1) is 16.3. The van der Waals surface area contributed by atoms with Gasteiger partial charge in [-0.1, -0.05) is 30.7 Å². The van der Waals surface area contributed by atoms with Gasteiger partial charge in [-0.2, -0.15) is 0 Å². The van der Waals surface area contributed by atoms with E-state index >= 15 is 0 Å². The van der Waals surface area contributed by atoms with Gasteiger partial charge >= 0.3 is 12.0 Å². The molecule has 0 aliphatic heterocycles. The number of nitrogens with one attached hydrogen (secondary N) is 2. The Morgan fingerprint density at radius 3 is 2.35 bits per heavy atom. The van der Waals surface area contributed by atoms with Crippen LogP contribution in [0.2, 0.25) is 5.02 Å². The lowest BCUT2D eigenvalue weighted by atomic mass is 10.1. The van der Waals surface area contributed by atoms with Crippen LogP contribution in [0.25, 0.3) is 0 Å². The standard InChI is InChI=1S/C14H19ClN2O3/c1-3-12(8-13(18)19)17-14(20)16-9(2)10-4-6-11(15)7-5-10/h4-7,9,12H,3,8H2,1-2H3,(H,18,19)(H2,16,17,20). The third-order valence-electron chi connectivity index (χ3n) is 2.97. The van der Waals surface area contributed by atoms with Crippen LogP contribution in [-0.4, -0.2) is 23.1 Å². The smallest absolute Gasteiger partial charge is 0.315 e. The number of amides is 2. The fourth-order valence-corrected chi connectivity index (χ4v) is 1.89. The molecule has 0 fully saturated rings. The molecule has 2 atom stereocenters. The van der Waals surface area contributed by atoms with Crippen LogP contribution in [0.15, 0.2) is 24.3 Å². The van der Waals surface area contributed by atoms with Crippen molar-refractivity contribution >= 4 is 23.6 Å². The number of aliphatic carboxylic acids is 1. The van der Waals surface area contributed by atoms with Gasteiger partial charge in [0, 0.05) is 11.1 Å². The predicted molar refractivity (Wildman–Crippen MR) is 77.9 cm³/mol. The summed E-state index contributed by atoms with van der Waals surface area (Å²) in [7, 11) is 0. The number of carbonyl (C=O) groups excluding carboxylic acids is 1. The maximum Gasteiger partial charge on any atom is 0.315 e. The number of hydrogen-bond acceptors (Lipinski definition) is 2. The van der Waals surface area contributed by atoms with Gasteiger partial charge in [-0.25, -0.2) is 4.79 Å². The van der Waals surface area contributed by atoms with Crippen LogP contribution < -0.4 is 10.6 Å². The van der Waals surface area contributed by atoms with E-state index in [9.17, 15) is 9.59 Å². The Bertz CT molecular complexity index is 462. The van der Waals surface area contributed by atoms with E-state index in [1.165, 1.54) is 0 Å². The maximum atomic E-state index is 11.8. The second kappa shape index (κ2) is 7.75. The summed E-state index contributed by atoms with van der Waals surface area (Å²) in [5, 5.41) is 14.8. The minimum Gasteiger partial charge on any atom is -0.481 e. The first-order valence-corrected chi connectivity index (χ1v) is 6.84. The molecule has 0 heterocycles. The zero-order valence-electron chi connectivity index (χ0n) is 11.5. The molecule has 0 aliphatic rings. The van der Waals surface area contributed by atoms with E-state index < -0.39 is 5.97 Å². The molecule has 1 rings (SSSR count). The van der Waals surface area contributed by atoms with E-state index in [0.717, 1.165) is 5.56 Å². The highest BCUT2D eigenvalue weighted by molar-refractivity contribution is 6.30. The summed E-state index contributed by atoms with van der Waals surface area (Å²) in [5.74, 6) is -0.928. The van der Waals surface area contributed by atoms with Crippen LogP contribution in [0.3, 0.4) is 0 Å². The van der Waals surface area contributed by atoms with Crippen molar-refractivity contribution in [3.63, 3.8) is 0 Å². The van der Waals surface area contributed by atoms with Crippen LogP contribution in [0.4, 0.5) is 4.79 Å². The Kier molecular flexibility index (Phi) is 6.31. The quantitative estimate of drug-likeness (QED) is 0.755. The number of halogens is 1. The lowest BCUT2D eigenvalue weighted by Gasteiger charge is -2.19. The van der Waals surface area contributed by atoms with Crippen molar-refractivity contribution in [2.45, 2.75) is 38.8 Å². The molecule has 6 heteroatoms. The Morgan fingerprint density at radius 1 is 1.25 bits per heavy atom. The predicted octanol–water partition coefficient (Wildman–Crippen LogP) is 2.95. The minimum atomic E-state index is -0.928. The molecular formula is C14H19ClN2O3. The van der Waals surface area contributed by atoms with Gasteiger partial charge in [-0.15, -0.1) is 0 Å². The Morgan fingerprint density at radius 2 is 1.85 bits per heavy atom. The average Bonchev–Trinajstić information content (AvgIpc) is 2.37. The molecular weight excluding hydrogens is 280 g/mol. The molecule has 0 saturated carbocycles. The van der Waals surface area contributed by atoms with E-state index in [4.69, 9.17) is 16.7 Å². The van der Waals surface area contributed by atoms with E-state index in [-0.39, 0.29) is 24.5 Å². The molecule has 1 aromatic carbocycles. The number of carboxylic acids is 1. The van der Waals surface area contributed by atoms with E-state index in [2.05, 4.69) is 10.6 Å². The van der Waals surface area contributed by atoms with Crippen molar-refractivity contribution in [1.29, 1.82) is 0 Å². The van der Waals surface area contributed by atoms with Crippen LogP contribution in [-0.2, 0) is 4.79 Å². The largest absolute Gasteiger partial charge is 0.481 e. The summed E-state index contributed by atoms with van der Waals surface area (Å²) in [6.07, 6.45) is 0.480. The molecule has 0 spiro atoms. The van der Waals surface area contributed by atoms with Gasteiger partial charge in [0.25, 0.3) is 0 Å². The first-order chi connectivity index (χ1) is 9.42. The number of hydrogen-bond donors (Lipinski definition) is 3. The van der Waals surface area contributed by atoms with Crippen LogP contribution in [0.5, 0.6) is 0 Å². The number of benzene rings is 1. The highest BCUT2D eigenvalue weighted by atomic mass is 35.5. The third-order valence-corrected chi connectivity index (χ3v) is 3.22. The van der Waals surface area contributed by atoms with Gasteiger partial charge in [0.2, 0.25) is 0 Å². The van der Waals surface area contributed by atoms with E-state index in [0.29, 0.717) is 11.4 Å². The third kappa shape index (κ3) is 5.48. The van der Waals surface area contributed by atoms with Gasteiger partial charge < -0.3 is 15.7 Å². The van der Waals surface area contributed by atoms with Crippen LogP contribution in [0, 0.1) is 0 Å². The molecule has 0 aliphatic carbocycles. The normalized spacial score (nSPS) is 13.3. The maximum absolute atomic E-state index is 11.8. The molecule has 0 saturated heterocycles. The SMILES string of the molecule is CCC(CC(=O)O)NC(=O)NC(C)c1ccc(Cl)cc1. The number of urea groups is 1. The monoisotopic (exact) mass is 298 g/mol. The second-order valence-corrected chi connectivity index (χ2v) is 5.03. The average molecular weight is 299 g/mol. The van der Waals surface area contributed by atoms with Crippen LogP contribution in [0.1, 0.15) is 38.3 Å². The summed E-state index contributed by atoms with van der Waals surface area (Å²) in [6.45, 7) is 3.68. The van der Waals surface area contributed by atoms with Crippen molar-refractivity contribution < 1.29 is 14.7 Å². The van der Waals surface area contributed by atoms with Crippen molar-refractivity contribution in [2.75, 3.05) is 0 Å². The molecule has 3 N–H and O–H groups in total. The fraction of sp³-hybridized carbons (Fsp3) is 0.429. The van der Waals surface area contributed by atoms with Gasteiger partial charge in [-0.05, 0) is 31.0 Å². The summed E-state index contributed by atoms with van der Waals surface area (Å²) >= 11 is 5.80. The molecule has 2 amide bonds. The van der Waals surface area contributed by atoms with Crippen molar-refractivity contribution in [1.82, 2.24) is 10.6 Å². The van der Waals surface area contributed by atoms with Gasteiger partial charge in [0.05, 0.1) is 12.5 Å². The second-order valence-electron chi connectivity index (χ2n) is 4.59. The molecule has 2 unspecified atom stereocenters. The summed E-state index contributed by atoms with van der Waals surface area (Å²) in [4.78, 5) is 22.4. The molecule has 20 heavy (non-hydrogen) atoms. The summed E-state index contributed by atoms with van der Waals surface area (Å²) in [6, 6.07) is 6.25. The molecule has 0 bridgehead atoms. The fourth-order valence-electron chi connectivity index (χ4n) is 1.77. The van der Waals surface area contributed by atoms with Crippen LogP contribution >= 0.6 is 11.6 Å². The molecule has 0 radical (unpaired) electrons.